The van der Waals surface area contributed by atoms with Gasteiger partial charge in [0, 0.05) is 32.2 Å². The van der Waals surface area contributed by atoms with Crippen LogP contribution in [0.3, 0.4) is 0 Å². The van der Waals surface area contributed by atoms with E-state index in [0.29, 0.717) is 25.6 Å². The first kappa shape index (κ1) is 13.3. The van der Waals surface area contributed by atoms with Crippen molar-refractivity contribution >= 4 is 10.0 Å². The highest BCUT2D eigenvalue weighted by Gasteiger charge is 2.34. The lowest BCUT2D eigenvalue weighted by molar-refractivity contribution is 0.0197. The molecule has 5 nitrogen and oxygen atoms in total. The van der Waals surface area contributed by atoms with Gasteiger partial charge in [0.05, 0.1) is 19.0 Å². The van der Waals surface area contributed by atoms with Gasteiger partial charge in [-0.1, -0.05) is 6.92 Å². The maximum absolute atomic E-state index is 11.9. The molecule has 0 saturated carbocycles. The van der Waals surface area contributed by atoms with Gasteiger partial charge in [-0.25, -0.2) is 12.7 Å². The molecule has 1 unspecified atom stereocenters. The predicted octanol–water partition coefficient (Wildman–Crippen LogP) is 0.133. The Morgan fingerprint density at radius 3 is 2.59 bits per heavy atom. The Morgan fingerprint density at radius 2 is 1.94 bits per heavy atom. The summed E-state index contributed by atoms with van der Waals surface area (Å²) in [5.41, 5.74) is 0. The second-order valence-electron chi connectivity index (χ2n) is 4.76. The molecule has 100 valence electrons. The van der Waals surface area contributed by atoms with Crippen molar-refractivity contribution in [3.63, 3.8) is 0 Å². The summed E-state index contributed by atoms with van der Waals surface area (Å²) < 4.78 is 30.9. The van der Waals surface area contributed by atoms with Crippen LogP contribution in [0.1, 0.15) is 19.8 Å². The van der Waals surface area contributed by atoms with Gasteiger partial charge in [-0.3, -0.25) is 4.90 Å². The first-order chi connectivity index (χ1) is 8.13. The molecule has 0 radical (unpaired) electrons. The van der Waals surface area contributed by atoms with Crippen LogP contribution in [0.25, 0.3) is 0 Å². The van der Waals surface area contributed by atoms with Gasteiger partial charge >= 0.3 is 0 Å². The third kappa shape index (κ3) is 3.19. The number of ether oxygens (including phenoxy) is 1. The molecule has 2 heterocycles. The molecule has 0 aromatic carbocycles. The summed E-state index contributed by atoms with van der Waals surface area (Å²) in [5, 5.41) is 0. The van der Waals surface area contributed by atoms with Crippen molar-refractivity contribution in [2.45, 2.75) is 25.8 Å². The number of hydrogen-bond acceptors (Lipinski definition) is 4. The van der Waals surface area contributed by atoms with Crippen LogP contribution in [0.2, 0.25) is 0 Å². The largest absolute Gasteiger partial charge is 0.379 e. The maximum atomic E-state index is 11.9. The fraction of sp³-hybridized carbons (Fsp3) is 1.00. The van der Waals surface area contributed by atoms with E-state index in [4.69, 9.17) is 4.74 Å². The minimum Gasteiger partial charge on any atom is -0.379 e. The highest BCUT2D eigenvalue weighted by atomic mass is 32.2. The molecule has 0 bridgehead atoms. The highest BCUT2D eigenvalue weighted by molar-refractivity contribution is 7.89. The van der Waals surface area contributed by atoms with E-state index in [1.807, 2.05) is 6.92 Å². The van der Waals surface area contributed by atoms with E-state index in [1.165, 1.54) is 0 Å². The van der Waals surface area contributed by atoms with Crippen molar-refractivity contribution in [2.24, 2.45) is 0 Å². The zero-order chi connectivity index (χ0) is 12.3. The van der Waals surface area contributed by atoms with Gasteiger partial charge in [0.25, 0.3) is 0 Å². The van der Waals surface area contributed by atoms with E-state index in [1.54, 1.807) is 4.31 Å². The van der Waals surface area contributed by atoms with Crippen LogP contribution in [0.15, 0.2) is 0 Å². The van der Waals surface area contributed by atoms with E-state index >= 15 is 0 Å². The quantitative estimate of drug-likeness (QED) is 0.723. The smallest absolute Gasteiger partial charge is 0.214 e. The first-order valence-electron chi connectivity index (χ1n) is 6.43. The van der Waals surface area contributed by atoms with E-state index in [9.17, 15) is 8.42 Å². The van der Waals surface area contributed by atoms with Crippen molar-refractivity contribution in [1.82, 2.24) is 9.21 Å². The van der Waals surface area contributed by atoms with E-state index < -0.39 is 10.0 Å². The van der Waals surface area contributed by atoms with Gasteiger partial charge in [-0.15, -0.1) is 0 Å². The number of hydrogen-bond donors (Lipinski definition) is 0. The SMILES string of the molecule is CCCS(=O)(=O)N1CCC(N2CCOCC2)C1. The average molecular weight is 262 g/mol. The zero-order valence-corrected chi connectivity index (χ0v) is 11.3. The summed E-state index contributed by atoms with van der Waals surface area (Å²) in [4.78, 5) is 2.37. The van der Waals surface area contributed by atoms with Crippen LogP contribution in [-0.2, 0) is 14.8 Å². The molecule has 0 amide bonds. The minimum atomic E-state index is -3.01. The Labute approximate surface area is 104 Å². The van der Waals surface area contributed by atoms with Crippen molar-refractivity contribution < 1.29 is 13.2 Å². The van der Waals surface area contributed by atoms with Crippen LogP contribution >= 0.6 is 0 Å². The molecule has 0 aromatic heterocycles. The third-order valence-electron chi connectivity index (χ3n) is 3.54. The van der Waals surface area contributed by atoms with Crippen molar-refractivity contribution in [1.29, 1.82) is 0 Å². The van der Waals surface area contributed by atoms with E-state index in [0.717, 1.165) is 32.7 Å². The Kier molecular flexibility index (Phi) is 4.41. The monoisotopic (exact) mass is 262 g/mol. The zero-order valence-electron chi connectivity index (χ0n) is 10.5. The Morgan fingerprint density at radius 1 is 1.24 bits per heavy atom. The van der Waals surface area contributed by atoms with E-state index in [2.05, 4.69) is 4.90 Å². The van der Waals surface area contributed by atoms with Crippen LogP contribution in [0.4, 0.5) is 0 Å². The molecule has 2 fully saturated rings. The highest BCUT2D eigenvalue weighted by Crippen LogP contribution is 2.20. The van der Waals surface area contributed by atoms with Gasteiger partial charge in [0.15, 0.2) is 0 Å². The summed E-state index contributed by atoms with van der Waals surface area (Å²) in [5.74, 6) is 0.281. The summed E-state index contributed by atoms with van der Waals surface area (Å²) >= 11 is 0. The predicted molar refractivity (Wildman–Crippen MR) is 66.4 cm³/mol. The van der Waals surface area contributed by atoms with Gasteiger partial charge in [0.2, 0.25) is 10.0 Å². The second-order valence-corrected chi connectivity index (χ2v) is 6.85. The molecule has 0 N–H and O–H groups in total. The number of morpholine rings is 1. The summed E-state index contributed by atoms with van der Waals surface area (Å²) in [6.07, 6.45) is 1.66. The number of rotatable bonds is 4. The Balaban J connectivity index is 1.90. The summed E-state index contributed by atoms with van der Waals surface area (Å²) in [6.45, 7) is 6.69. The van der Waals surface area contributed by atoms with Crippen LogP contribution in [-0.4, -0.2) is 68.8 Å². The molecule has 2 rings (SSSR count). The molecule has 2 aliphatic heterocycles. The standard InChI is InChI=1S/C11H22N2O3S/c1-2-9-17(14,15)13-4-3-11(10-13)12-5-7-16-8-6-12/h11H,2-10H2,1H3. The molecule has 2 aliphatic rings. The molecular weight excluding hydrogens is 240 g/mol. The van der Waals surface area contributed by atoms with Crippen molar-refractivity contribution in [2.75, 3.05) is 45.1 Å². The Bertz CT molecular complexity index is 339. The fourth-order valence-electron chi connectivity index (χ4n) is 2.59. The molecule has 6 heteroatoms. The number of nitrogens with zero attached hydrogens (tertiary/aromatic N) is 2. The van der Waals surface area contributed by atoms with E-state index in [-0.39, 0.29) is 5.75 Å². The molecule has 1 atom stereocenters. The topological polar surface area (TPSA) is 49.9 Å². The van der Waals surface area contributed by atoms with Crippen molar-refractivity contribution in [3.05, 3.63) is 0 Å². The lowest BCUT2D eigenvalue weighted by Gasteiger charge is -2.32. The van der Waals surface area contributed by atoms with Crippen molar-refractivity contribution in [3.8, 4) is 0 Å². The maximum Gasteiger partial charge on any atom is 0.214 e. The third-order valence-corrected chi connectivity index (χ3v) is 5.59. The van der Waals surface area contributed by atoms with Gasteiger partial charge in [0.1, 0.15) is 0 Å². The summed E-state index contributed by atoms with van der Waals surface area (Å²) in [6, 6.07) is 0.394. The van der Waals surface area contributed by atoms with Crippen LogP contribution < -0.4 is 0 Å². The molecular formula is C11H22N2O3S. The lowest BCUT2D eigenvalue weighted by Crippen LogP contribution is -2.45. The fourth-order valence-corrected chi connectivity index (χ4v) is 4.15. The van der Waals surface area contributed by atoms with Gasteiger partial charge in [-0.05, 0) is 12.8 Å². The normalized spacial score (nSPS) is 28.6. The van der Waals surface area contributed by atoms with Crippen LogP contribution in [0, 0.1) is 0 Å². The van der Waals surface area contributed by atoms with Crippen LogP contribution in [0.5, 0.6) is 0 Å². The minimum absolute atomic E-state index is 0.281. The molecule has 0 spiro atoms. The second kappa shape index (κ2) is 5.65. The van der Waals surface area contributed by atoms with Gasteiger partial charge in [-0.2, -0.15) is 0 Å². The molecule has 0 aromatic rings. The van der Waals surface area contributed by atoms with Gasteiger partial charge < -0.3 is 4.74 Å². The molecule has 17 heavy (non-hydrogen) atoms. The Hall–Kier alpha value is -0.170. The summed E-state index contributed by atoms with van der Waals surface area (Å²) in [7, 11) is -3.01. The first-order valence-corrected chi connectivity index (χ1v) is 8.04. The number of sulfonamides is 1. The molecule has 0 aliphatic carbocycles. The average Bonchev–Trinajstić information content (AvgIpc) is 2.80. The molecule has 2 saturated heterocycles. The lowest BCUT2D eigenvalue weighted by atomic mass is 10.2.